The van der Waals surface area contributed by atoms with Crippen LogP contribution in [0.25, 0.3) is 22.3 Å². The van der Waals surface area contributed by atoms with Crippen LogP contribution in [0, 0.1) is 13.8 Å². The van der Waals surface area contributed by atoms with E-state index in [1.165, 1.54) is 16.5 Å². The van der Waals surface area contributed by atoms with Crippen molar-refractivity contribution < 1.29 is 9.32 Å². The maximum atomic E-state index is 12.7. The third kappa shape index (κ3) is 3.33. The van der Waals surface area contributed by atoms with Gasteiger partial charge in [0.1, 0.15) is 17.0 Å². The van der Waals surface area contributed by atoms with Gasteiger partial charge in [-0.15, -0.1) is 0 Å². The van der Waals surface area contributed by atoms with E-state index in [4.69, 9.17) is 4.52 Å². The monoisotopic (exact) mass is 360 g/mol. The van der Waals surface area contributed by atoms with Crippen molar-refractivity contribution in [2.24, 2.45) is 0 Å². The van der Waals surface area contributed by atoms with E-state index in [1.807, 2.05) is 24.4 Å². The number of fused-ring (bicyclic) bond motifs is 1. The lowest BCUT2D eigenvalue weighted by atomic mass is 10.1. The predicted molar refractivity (Wildman–Crippen MR) is 104 cm³/mol. The first-order chi connectivity index (χ1) is 13.1. The highest BCUT2D eigenvalue weighted by molar-refractivity contribution is 6.00. The Morgan fingerprint density at radius 2 is 2.11 bits per heavy atom. The fourth-order valence-electron chi connectivity index (χ4n) is 3.22. The van der Waals surface area contributed by atoms with E-state index in [2.05, 4.69) is 45.6 Å². The maximum Gasteiger partial charge on any atom is 0.257 e. The number of H-pyrrole nitrogens is 1. The lowest BCUT2D eigenvalue weighted by Gasteiger charge is -2.05. The van der Waals surface area contributed by atoms with Gasteiger partial charge in [0, 0.05) is 29.8 Å². The molecule has 0 saturated heterocycles. The molecule has 0 aliphatic carbocycles. The Hall–Kier alpha value is -3.41. The first-order valence-electron chi connectivity index (χ1n) is 8.86. The van der Waals surface area contributed by atoms with E-state index >= 15 is 0 Å². The minimum absolute atomic E-state index is 0.203. The molecule has 6 heteroatoms. The third-order valence-electron chi connectivity index (χ3n) is 4.60. The molecule has 3 heterocycles. The lowest BCUT2D eigenvalue weighted by Crippen LogP contribution is -2.26. The van der Waals surface area contributed by atoms with Gasteiger partial charge in [-0.05, 0) is 50.1 Å². The number of nitrogens with one attached hydrogen (secondary N) is 2. The van der Waals surface area contributed by atoms with Gasteiger partial charge in [-0.2, -0.15) is 0 Å². The Balaban J connectivity index is 1.49. The molecule has 0 aliphatic heterocycles. The Morgan fingerprint density at radius 1 is 1.22 bits per heavy atom. The number of benzene rings is 1. The molecule has 0 spiro atoms. The molecule has 136 valence electrons. The van der Waals surface area contributed by atoms with Crippen molar-refractivity contribution in [1.29, 1.82) is 0 Å². The molecule has 0 aliphatic rings. The van der Waals surface area contributed by atoms with Gasteiger partial charge in [0.2, 0.25) is 0 Å². The summed E-state index contributed by atoms with van der Waals surface area (Å²) in [5.41, 5.74) is 5.02. The topological polar surface area (TPSA) is 83.8 Å². The quantitative estimate of drug-likeness (QED) is 0.567. The summed E-state index contributed by atoms with van der Waals surface area (Å²) >= 11 is 0. The number of carbonyl (C=O) groups excluding carboxylic acids is 1. The number of carbonyl (C=O) groups is 1. The van der Waals surface area contributed by atoms with Gasteiger partial charge in [-0.25, -0.2) is 0 Å². The van der Waals surface area contributed by atoms with E-state index in [-0.39, 0.29) is 5.91 Å². The molecule has 0 atom stereocenters. The number of amides is 1. The van der Waals surface area contributed by atoms with Gasteiger partial charge in [0.15, 0.2) is 0 Å². The third-order valence-corrected chi connectivity index (χ3v) is 4.60. The Kier molecular flexibility index (Phi) is 4.46. The molecule has 0 radical (unpaired) electrons. The van der Waals surface area contributed by atoms with Gasteiger partial charge >= 0.3 is 0 Å². The standard InChI is InChI=1S/C21H20N4O2/c1-13-6-7-17-16(11-13)15(12-24-17)8-10-23-21(26)19-14(2)27-25-20(19)18-5-3-4-9-22-18/h3-7,9,11-12,24H,8,10H2,1-2H3,(H,23,26). The Bertz CT molecular complexity index is 1100. The van der Waals surface area contributed by atoms with Crippen LogP contribution in [0.15, 0.2) is 53.3 Å². The molecule has 2 N–H and O–H groups in total. The number of aromatic nitrogens is 3. The van der Waals surface area contributed by atoms with Crippen molar-refractivity contribution in [3.05, 3.63) is 71.2 Å². The van der Waals surface area contributed by atoms with E-state index < -0.39 is 0 Å². The van der Waals surface area contributed by atoms with Crippen LogP contribution in [0.5, 0.6) is 0 Å². The zero-order valence-corrected chi connectivity index (χ0v) is 15.2. The summed E-state index contributed by atoms with van der Waals surface area (Å²) in [7, 11) is 0. The zero-order valence-electron chi connectivity index (χ0n) is 15.2. The molecule has 4 aromatic rings. The highest BCUT2D eigenvalue weighted by atomic mass is 16.5. The summed E-state index contributed by atoms with van der Waals surface area (Å²) in [6.45, 7) is 4.33. The second-order valence-corrected chi connectivity index (χ2v) is 6.55. The molecule has 0 fully saturated rings. The van der Waals surface area contributed by atoms with Crippen LogP contribution in [-0.2, 0) is 6.42 Å². The minimum atomic E-state index is -0.203. The number of rotatable bonds is 5. The van der Waals surface area contributed by atoms with E-state index in [9.17, 15) is 4.79 Å². The normalized spacial score (nSPS) is 11.0. The van der Waals surface area contributed by atoms with Crippen LogP contribution >= 0.6 is 0 Å². The Labute approximate surface area is 156 Å². The van der Waals surface area contributed by atoms with Gasteiger partial charge in [-0.3, -0.25) is 9.78 Å². The van der Waals surface area contributed by atoms with Crippen LogP contribution in [0.1, 0.15) is 27.2 Å². The van der Waals surface area contributed by atoms with Crippen LogP contribution in [0.4, 0.5) is 0 Å². The van der Waals surface area contributed by atoms with Crippen LogP contribution in [-0.4, -0.2) is 27.6 Å². The predicted octanol–water partition coefficient (Wildman–Crippen LogP) is 3.81. The molecule has 1 aromatic carbocycles. The van der Waals surface area contributed by atoms with E-state index in [1.54, 1.807) is 13.1 Å². The second-order valence-electron chi connectivity index (χ2n) is 6.55. The number of hydrogen-bond acceptors (Lipinski definition) is 4. The highest BCUT2D eigenvalue weighted by Crippen LogP contribution is 2.23. The number of aryl methyl sites for hydroxylation is 2. The largest absolute Gasteiger partial charge is 0.361 e. The number of pyridine rings is 1. The lowest BCUT2D eigenvalue weighted by molar-refractivity contribution is 0.0953. The first kappa shape index (κ1) is 17.0. The molecule has 3 aromatic heterocycles. The van der Waals surface area contributed by atoms with Crippen LogP contribution in [0.2, 0.25) is 0 Å². The van der Waals surface area contributed by atoms with Crippen molar-refractivity contribution >= 4 is 16.8 Å². The number of nitrogens with zero attached hydrogens (tertiary/aromatic N) is 2. The molecule has 1 amide bonds. The second kappa shape index (κ2) is 7.07. The average Bonchev–Trinajstić information content (AvgIpc) is 3.26. The van der Waals surface area contributed by atoms with E-state index in [0.717, 1.165) is 11.9 Å². The van der Waals surface area contributed by atoms with Crippen LogP contribution < -0.4 is 5.32 Å². The minimum Gasteiger partial charge on any atom is -0.361 e. The Morgan fingerprint density at radius 3 is 2.93 bits per heavy atom. The van der Waals surface area contributed by atoms with Crippen molar-refractivity contribution in [1.82, 2.24) is 20.4 Å². The molecule has 27 heavy (non-hydrogen) atoms. The first-order valence-corrected chi connectivity index (χ1v) is 8.86. The summed E-state index contributed by atoms with van der Waals surface area (Å²) in [6, 6.07) is 11.8. The molecule has 0 unspecified atom stereocenters. The molecular weight excluding hydrogens is 340 g/mol. The molecule has 0 bridgehead atoms. The van der Waals surface area contributed by atoms with E-state index in [0.29, 0.717) is 29.3 Å². The number of aromatic amines is 1. The molecular formula is C21H20N4O2. The summed E-state index contributed by atoms with van der Waals surface area (Å²) in [4.78, 5) is 20.3. The summed E-state index contributed by atoms with van der Waals surface area (Å²) in [6.07, 6.45) is 4.40. The molecule has 0 saturated carbocycles. The summed E-state index contributed by atoms with van der Waals surface area (Å²) in [5.74, 6) is 0.279. The zero-order chi connectivity index (χ0) is 18.8. The van der Waals surface area contributed by atoms with Crippen molar-refractivity contribution in [3.8, 4) is 11.4 Å². The molecule has 6 nitrogen and oxygen atoms in total. The fraction of sp³-hybridized carbons (Fsp3) is 0.190. The molecule has 4 rings (SSSR count). The van der Waals surface area contributed by atoms with Gasteiger partial charge < -0.3 is 14.8 Å². The summed E-state index contributed by atoms with van der Waals surface area (Å²) in [5, 5.41) is 8.18. The van der Waals surface area contributed by atoms with Gasteiger partial charge in [0.05, 0.1) is 5.69 Å². The highest BCUT2D eigenvalue weighted by Gasteiger charge is 2.22. The van der Waals surface area contributed by atoms with Crippen molar-refractivity contribution in [2.75, 3.05) is 6.54 Å². The SMILES string of the molecule is Cc1ccc2[nH]cc(CCNC(=O)c3c(-c4ccccn4)noc3C)c2c1. The van der Waals surface area contributed by atoms with Gasteiger partial charge in [-0.1, -0.05) is 22.9 Å². The smallest absolute Gasteiger partial charge is 0.257 e. The van der Waals surface area contributed by atoms with Crippen molar-refractivity contribution in [2.45, 2.75) is 20.3 Å². The number of hydrogen-bond donors (Lipinski definition) is 2. The van der Waals surface area contributed by atoms with Crippen LogP contribution in [0.3, 0.4) is 0 Å². The fourth-order valence-corrected chi connectivity index (χ4v) is 3.22. The summed E-state index contributed by atoms with van der Waals surface area (Å²) < 4.78 is 5.24. The maximum absolute atomic E-state index is 12.7. The van der Waals surface area contributed by atoms with Crippen molar-refractivity contribution in [3.63, 3.8) is 0 Å². The average molecular weight is 360 g/mol. The van der Waals surface area contributed by atoms with Gasteiger partial charge in [0.25, 0.3) is 5.91 Å².